The second kappa shape index (κ2) is 13.7. The van der Waals surface area contributed by atoms with E-state index in [4.69, 9.17) is 5.21 Å². The molecule has 0 bridgehead atoms. The summed E-state index contributed by atoms with van der Waals surface area (Å²) >= 11 is 0. The Balaban J connectivity index is 1.86. The van der Waals surface area contributed by atoms with Crippen molar-refractivity contribution in [2.75, 3.05) is 6.54 Å². The molecule has 3 heterocycles. The number of carbonyl (C=O) groups excluding carboxylic acids is 3. The summed E-state index contributed by atoms with van der Waals surface area (Å²) in [6.45, 7) is 7.27. The van der Waals surface area contributed by atoms with Crippen molar-refractivity contribution in [3.05, 3.63) is 18.0 Å². The van der Waals surface area contributed by atoms with Crippen LogP contribution < -0.4 is 20.9 Å². The molecule has 0 aliphatic carbocycles. The Morgan fingerprint density at radius 2 is 1.92 bits per heavy atom. The molecule has 5 N–H and O–H groups in total. The van der Waals surface area contributed by atoms with Crippen molar-refractivity contribution in [3.8, 4) is 0 Å². The van der Waals surface area contributed by atoms with E-state index in [2.05, 4.69) is 10.7 Å². The largest absolute Gasteiger partial charge is 0.480 e. The van der Waals surface area contributed by atoms with Crippen LogP contribution in [0.1, 0.15) is 96.3 Å². The molecular weight excluding hydrogens is 492 g/mol. The third-order valence-corrected chi connectivity index (χ3v) is 7.83. The van der Waals surface area contributed by atoms with Crippen LogP contribution >= 0.6 is 0 Å². The molecule has 1 saturated heterocycles. The number of unbranched alkanes of at least 4 members (excludes halogenated alkanes) is 1. The Bertz CT molecular complexity index is 997. The summed E-state index contributed by atoms with van der Waals surface area (Å²) in [5, 5.41) is 23.4. The first kappa shape index (κ1) is 29.6. The highest BCUT2D eigenvalue weighted by Gasteiger charge is 2.40. The van der Waals surface area contributed by atoms with Gasteiger partial charge in [0.1, 0.15) is 11.7 Å². The van der Waals surface area contributed by atoms with Crippen LogP contribution in [0.2, 0.25) is 0 Å². The topological polar surface area (TPSA) is 157 Å². The van der Waals surface area contributed by atoms with E-state index in [1.54, 1.807) is 10.2 Å². The van der Waals surface area contributed by atoms with Gasteiger partial charge in [-0.3, -0.25) is 24.6 Å². The number of amides is 3. The summed E-state index contributed by atoms with van der Waals surface area (Å²) in [7, 11) is 0. The van der Waals surface area contributed by atoms with Crippen LogP contribution in [0.25, 0.3) is 0 Å². The first-order chi connectivity index (χ1) is 18.2. The standard InChI is InChI=1S/C26H42N6O6/c1-4-6-9-18(16-22(33)29-38)25(35)31-20(10-7-13-27-31)24(34)28-23(17(3)5-2)19-12-15-30-14-8-11-21(26(36)37)32(19)30/h12,15,17-18,20-21,23,27H,4-11,13-14,16H2,1-3H3,(H3-,28,29,33,34,36,37,38)/p+1. The van der Waals surface area contributed by atoms with Crippen LogP contribution in [0, 0.1) is 11.8 Å². The molecule has 1 aromatic heterocycles. The number of hydrogen-bond acceptors (Lipinski definition) is 6. The first-order valence-electron chi connectivity index (χ1n) is 13.9. The maximum atomic E-state index is 13.7. The average molecular weight is 536 g/mol. The third-order valence-electron chi connectivity index (χ3n) is 7.83. The number of hydroxylamine groups is 1. The van der Waals surface area contributed by atoms with Crippen molar-refractivity contribution in [3.63, 3.8) is 0 Å². The molecule has 12 heteroatoms. The molecule has 212 valence electrons. The lowest BCUT2D eigenvalue weighted by molar-refractivity contribution is -0.784. The Morgan fingerprint density at radius 3 is 2.58 bits per heavy atom. The zero-order chi connectivity index (χ0) is 27.8. The molecule has 3 amide bonds. The number of hydrogen-bond donors (Lipinski definition) is 5. The number of rotatable bonds is 12. The van der Waals surface area contributed by atoms with E-state index >= 15 is 0 Å². The number of nitrogens with one attached hydrogen (secondary N) is 3. The van der Waals surface area contributed by atoms with E-state index in [0.717, 1.165) is 31.4 Å². The van der Waals surface area contributed by atoms with E-state index in [1.807, 2.05) is 37.7 Å². The summed E-state index contributed by atoms with van der Waals surface area (Å²) in [5.41, 5.74) is 5.41. The van der Waals surface area contributed by atoms with Crippen molar-refractivity contribution < 1.29 is 34.2 Å². The molecule has 1 aromatic rings. The Morgan fingerprint density at radius 1 is 1.18 bits per heavy atom. The minimum Gasteiger partial charge on any atom is -0.480 e. The zero-order valence-corrected chi connectivity index (χ0v) is 22.7. The van der Waals surface area contributed by atoms with Crippen LogP contribution in [0.5, 0.6) is 0 Å². The number of hydrazine groups is 1. The summed E-state index contributed by atoms with van der Waals surface area (Å²) in [6.07, 6.45) is 6.96. The van der Waals surface area contributed by atoms with Crippen molar-refractivity contribution in [2.45, 2.75) is 103 Å². The second-order valence-corrected chi connectivity index (χ2v) is 10.5. The van der Waals surface area contributed by atoms with Crippen molar-refractivity contribution >= 4 is 23.7 Å². The Kier molecular flexibility index (Phi) is 10.7. The fraction of sp³-hybridized carbons (Fsp3) is 0.731. The van der Waals surface area contributed by atoms with E-state index in [9.17, 15) is 24.3 Å². The van der Waals surface area contributed by atoms with Crippen molar-refractivity contribution in [2.24, 2.45) is 11.8 Å². The summed E-state index contributed by atoms with van der Waals surface area (Å²) < 4.78 is 3.70. The monoisotopic (exact) mass is 535 g/mol. The van der Waals surface area contributed by atoms with E-state index in [1.165, 1.54) is 5.01 Å². The van der Waals surface area contributed by atoms with Gasteiger partial charge in [0.15, 0.2) is 18.8 Å². The van der Waals surface area contributed by atoms with Gasteiger partial charge in [0.05, 0.1) is 6.04 Å². The quantitative estimate of drug-likeness (QED) is 0.155. The van der Waals surface area contributed by atoms with E-state index in [-0.39, 0.29) is 24.2 Å². The maximum Gasteiger partial charge on any atom is 0.332 e. The lowest BCUT2D eigenvalue weighted by atomic mass is 9.93. The molecule has 5 unspecified atom stereocenters. The SMILES string of the molecule is CCCCC(CC(=O)NO)C(=O)N1NCCCC1C(=O)NC(c1cc[n+]2n1C(C(=O)O)CCC2)C(C)CC. The van der Waals surface area contributed by atoms with Gasteiger partial charge < -0.3 is 10.4 Å². The number of carboxylic acid groups (broad SMARTS) is 1. The van der Waals surface area contributed by atoms with Crippen LogP contribution in [-0.2, 0) is 25.7 Å². The summed E-state index contributed by atoms with van der Waals surface area (Å²) in [4.78, 5) is 51.2. The van der Waals surface area contributed by atoms with Crippen LogP contribution in [-0.4, -0.2) is 56.3 Å². The average Bonchev–Trinajstić information content (AvgIpc) is 3.36. The normalized spacial score (nSPS) is 21.6. The molecule has 1 fully saturated rings. The lowest BCUT2D eigenvalue weighted by Gasteiger charge is -2.38. The molecule has 2 aliphatic rings. The molecule has 0 aromatic carbocycles. The number of aromatic nitrogens is 2. The van der Waals surface area contributed by atoms with Gasteiger partial charge in [0.25, 0.3) is 0 Å². The summed E-state index contributed by atoms with van der Waals surface area (Å²) in [6, 6.07) is -0.0376. The van der Waals surface area contributed by atoms with Gasteiger partial charge in [-0.05, 0) is 31.6 Å². The molecule has 5 atom stereocenters. The third kappa shape index (κ3) is 6.71. The molecular formula is C26H43N6O6+. The highest BCUT2D eigenvalue weighted by Crippen LogP contribution is 2.30. The minimum absolute atomic E-state index is 0.0150. The number of nitrogens with zero attached hydrogens (tertiary/aromatic N) is 3. The maximum absolute atomic E-state index is 13.7. The highest BCUT2D eigenvalue weighted by atomic mass is 16.5. The fourth-order valence-electron chi connectivity index (χ4n) is 5.48. The van der Waals surface area contributed by atoms with Crippen molar-refractivity contribution in [1.29, 1.82) is 0 Å². The first-order valence-corrected chi connectivity index (χ1v) is 13.9. The number of aryl methyl sites for hydroxylation is 1. The molecule has 0 radical (unpaired) electrons. The number of carbonyl (C=O) groups is 4. The van der Waals surface area contributed by atoms with Gasteiger partial charge in [0, 0.05) is 31.4 Å². The lowest BCUT2D eigenvalue weighted by Crippen LogP contribution is -2.60. The highest BCUT2D eigenvalue weighted by molar-refractivity contribution is 5.90. The molecule has 12 nitrogen and oxygen atoms in total. The fourth-order valence-corrected chi connectivity index (χ4v) is 5.48. The van der Waals surface area contributed by atoms with Gasteiger partial charge in [-0.25, -0.2) is 15.7 Å². The minimum atomic E-state index is -0.900. The predicted octanol–water partition coefficient (Wildman–Crippen LogP) is 1.60. The molecule has 0 spiro atoms. The zero-order valence-electron chi connectivity index (χ0n) is 22.7. The van der Waals surface area contributed by atoms with E-state index in [0.29, 0.717) is 38.8 Å². The number of fused-ring (bicyclic) bond motifs is 1. The van der Waals surface area contributed by atoms with Gasteiger partial charge in [-0.2, -0.15) is 0 Å². The molecule has 2 aliphatic heterocycles. The number of carboxylic acids is 1. The van der Waals surface area contributed by atoms with Crippen LogP contribution in [0.4, 0.5) is 0 Å². The molecule has 38 heavy (non-hydrogen) atoms. The molecule has 0 saturated carbocycles. The van der Waals surface area contributed by atoms with Gasteiger partial charge >= 0.3 is 5.97 Å². The van der Waals surface area contributed by atoms with E-state index < -0.39 is 35.9 Å². The predicted molar refractivity (Wildman–Crippen MR) is 136 cm³/mol. The number of aliphatic carboxylic acids is 1. The summed E-state index contributed by atoms with van der Waals surface area (Å²) in [5.74, 6) is -2.86. The van der Waals surface area contributed by atoms with Crippen LogP contribution in [0.15, 0.2) is 12.3 Å². The molecule has 3 rings (SSSR count). The van der Waals surface area contributed by atoms with Gasteiger partial charge in [-0.1, -0.05) is 40.0 Å². The van der Waals surface area contributed by atoms with Gasteiger partial charge in [0.2, 0.25) is 17.7 Å². The Hall–Kier alpha value is -2.99. The Labute approximate surface area is 223 Å². The second-order valence-electron chi connectivity index (χ2n) is 10.5. The van der Waals surface area contributed by atoms with Crippen molar-refractivity contribution in [1.82, 2.24) is 25.9 Å². The van der Waals surface area contributed by atoms with Crippen LogP contribution in [0.3, 0.4) is 0 Å². The smallest absolute Gasteiger partial charge is 0.332 e. The van der Waals surface area contributed by atoms with Gasteiger partial charge in [-0.15, -0.1) is 9.36 Å².